The third-order valence-corrected chi connectivity index (χ3v) is 3.85. The number of halogens is 1. The van der Waals surface area contributed by atoms with Crippen molar-refractivity contribution in [2.45, 2.75) is 26.7 Å². The molecule has 1 aliphatic rings. The third kappa shape index (κ3) is 2.97. The Hall–Kier alpha value is -0.770. The van der Waals surface area contributed by atoms with Crippen molar-refractivity contribution in [1.82, 2.24) is 0 Å². The summed E-state index contributed by atoms with van der Waals surface area (Å²) in [4.78, 5) is 7.15. The molecule has 3 nitrogen and oxygen atoms in total. The number of piperidine rings is 1. The van der Waals surface area contributed by atoms with E-state index >= 15 is 0 Å². The lowest BCUT2D eigenvalue weighted by molar-refractivity contribution is 0.0951. The summed E-state index contributed by atoms with van der Waals surface area (Å²) in [5.41, 5.74) is 3.62. The molecule has 18 heavy (non-hydrogen) atoms. The minimum Gasteiger partial charge on any atom is -0.370 e. The average Bonchev–Trinajstić information content (AvgIpc) is 2.28. The Morgan fingerprint density at radius 2 is 2.22 bits per heavy atom. The van der Waals surface area contributed by atoms with Gasteiger partial charge in [0.2, 0.25) is 0 Å². The van der Waals surface area contributed by atoms with Gasteiger partial charge in [-0.3, -0.25) is 0 Å². The van der Waals surface area contributed by atoms with Crippen molar-refractivity contribution in [2.24, 2.45) is 11.8 Å². The first-order valence-corrected chi connectivity index (χ1v) is 6.83. The zero-order valence-electron chi connectivity index (χ0n) is 11.1. The molecule has 1 atom stereocenters. The molecule has 1 saturated heterocycles. The van der Waals surface area contributed by atoms with E-state index in [1.807, 2.05) is 6.07 Å². The molecule has 0 spiro atoms. The average molecular weight is 269 g/mol. The van der Waals surface area contributed by atoms with Crippen molar-refractivity contribution in [1.29, 1.82) is 0 Å². The number of anilines is 1. The Kier molecular flexibility index (Phi) is 4.49. The van der Waals surface area contributed by atoms with Crippen LogP contribution < -0.4 is 10.8 Å². The molecule has 0 aliphatic carbocycles. The van der Waals surface area contributed by atoms with Gasteiger partial charge in [-0.25, -0.2) is 5.90 Å². The normalized spacial score (nSPS) is 20.2. The first kappa shape index (κ1) is 13.7. The summed E-state index contributed by atoms with van der Waals surface area (Å²) in [6.45, 7) is 6.85. The van der Waals surface area contributed by atoms with Crippen molar-refractivity contribution in [3.8, 4) is 0 Å². The van der Waals surface area contributed by atoms with Gasteiger partial charge in [-0.05, 0) is 43.9 Å². The molecule has 1 aromatic rings. The van der Waals surface area contributed by atoms with E-state index in [0.29, 0.717) is 12.5 Å². The molecular weight excluding hydrogens is 248 g/mol. The summed E-state index contributed by atoms with van der Waals surface area (Å²) in [5.74, 6) is 5.68. The fraction of sp³-hybridized carbons (Fsp3) is 0.571. The van der Waals surface area contributed by atoms with Crippen LogP contribution in [0.25, 0.3) is 0 Å². The first-order chi connectivity index (χ1) is 8.61. The van der Waals surface area contributed by atoms with Crippen LogP contribution in [0, 0.1) is 19.8 Å². The van der Waals surface area contributed by atoms with Crippen LogP contribution in [0.1, 0.15) is 24.0 Å². The van der Waals surface area contributed by atoms with Crippen molar-refractivity contribution in [2.75, 3.05) is 24.6 Å². The second-order valence-electron chi connectivity index (χ2n) is 5.20. The van der Waals surface area contributed by atoms with Crippen molar-refractivity contribution >= 4 is 17.3 Å². The molecule has 2 N–H and O–H groups in total. The fourth-order valence-corrected chi connectivity index (χ4v) is 3.29. The SMILES string of the molecule is Cc1cc(C)c(N2CCCC(CON)C2)c(Cl)c1. The summed E-state index contributed by atoms with van der Waals surface area (Å²) in [7, 11) is 0. The van der Waals surface area contributed by atoms with Gasteiger partial charge in [-0.2, -0.15) is 0 Å². The fourth-order valence-electron chi connectivity index (χ4n) is 2.85. The van der Waals surface area contributed by atoms with Gasteiger partial charge in [0.1, 0.15) is 0 Å². The number of aryl methyl sites for hydroxylation is 2. The molecule has 2 rings (SSSR count). The highest BCUT2D eigenvalue weighted by Gasteiger charge is 2.22. The number of benzene rings is 1. The maximum absolute atomic E-state index is 6.40. The second kappa shape index (κ2) is 5.91. The smallest absolute Gasteiger partial charge is 0.0724 e. The highest BCUT2D eigenvalue weighted by molar-refractivity contribution is 6.33. The minimum atomic E-state index is 0.500. The van der Waals surface area contributed by atoms with Gasteiger partial charge in [0, 0.05) is 19.0 Å². The highest BCUT2D eigenvalue weighted by Crippen LogP contribution is 2.33. The molecular formula is C14H21ClN2O. The molecule has 0 aromatic heterocycles. The van der Waals surface area contributed by atoms with Crippen LogP contribution in [0.5, 0.6) is 0 Å². The number of hydrogen-bond acceptors (Lipinski definition) is 3. The van der Waals surface area contributed by atoms with E-state index in [4.69, 9.17) is 22.3 Å². The summed E-state index contributed by atoms with van der Waals surface area (Å²) in [6.07, 6.45) is 2.34. The van der Waals surface area contributed by atoms with E-state index in [1.54, 1.807) is 0 Å². The largest absolute Gasteiger partial charge is 0.370 e. The third-order valence-electron chi connectivity index (χ3n) is 3.57. The maximum atomic E-state index is 6.40. The maximum Gasteiger partial charge on any atom is 0.0724 e. The molecule has 4 heteroatoms. The quantitative estimate of drug-likeness (QED) is 0.857. The Labute approximate surface area is 114 Å². The zero-order valence-corrected chi connectivity index (χ0v) is 11.8. The zero-order chi connectivity index (χ0) is 13.1. The number of rotatable bonds is 3. The molecule has 1 heterocycles. The predicted molar refractivity (Wildman–Crippen MR) is 76.0 cm³/mol. The Balaban J connectivity index is 2.20. The van der Waals surface area contributed by atoms with E-state index in [-0.39, 0.29) is 0 Å². The Morgan fingerprint density at radius 3 is 2.89 bits per heavy atom. The number of nitrogens with zero attached hydrogens (tertiary/aromatic N) is 1. The molecule has 0 radical (unpaired) electrons. The van der Waals surface area contributed by atoms with Gasteiger partial charge < -0.3 is 9.74 Å². The topological polar surface area (TPSA) is 38.5 Å². The van der Waals surface area contributed by atoms with E-state index in [9.17, 15) is 0 Å². The monoisotopic (exact) mass is 268 g/mol. The molecule has 0 amide bonds. The van der Waals surface area contributed by atoms with Gasteiger partial charge in [0.05, 0.1) is 17.3 Å². The first-order valence-electron chi connectivity index (χ1n) is 6.45. The van der Waals surface area contributed by atoms with Gasteiger partial charge >= 0.3 is 0 Å². The van der Waals surface area contributed by atoms with Gasteiger partial charge in [-0.15, -0.1) is 0 Å². The number of hydrogen-bond donors (Lipinski definition) is 1. The minimum absolute atomic E-state index is 0.500. The van der Waals surface area contributed by atoms with Crippen LogP contribution in [-0.2, 0) is 4.84 Å². The van der Waals surface area contributed by atoms with Crippen LogP contribution in [-0.4, -0.2) is 19.7 Å². The molecule has 100 valence electrons. The van der Waals surface area contributed by atoms with E-state index in [2.05, 4.69) is 24.8 Å². The van der Waals surface area contributed by atoms with Crippen LogP contribution in [0.15, 0.2) is 12.1 Å². The second-order valence-corrected chi connectivity index (χ2v) is 5.61. The summed E-state index contributed by atoms with van der Waals surface area (Å²) in [6, 6.07) is 4.22. The summed E-state index contributed by atoms with van der Waals surface area (Å²) < 4.78 is 0. The predicted octanol–water partition coefficient (Wildman–Crippen LogP) is 3.06. The van der Waals surface area contributed by atoms with Gasteiger partial charge in [0.15, 0.2) is 0 Å². The van der Waals surface area contributed by atoms with E-state index < -0.39 is 0 Å². The van der Waals surface area contributed by atoms with Crippen molar-refractivity contribution in [3.05, 3.63) is 28.3 Å². The lowest BCUT2D eigenvalue weighted by Crippen LogP contribution is -2.38. The summed E-state index contributed by atoms with van der Waals surface area (Å²) >= 11 is 6.40. The standard InChI is InChI=1S/C14H21ClN2O/c1-10-6-11(2)14(13(15)7-10)17-5-3-4-12(8-17)9-18-16/h6-7,12H,3-5,8-9,16H2,1-2H3. The highest BCUT2D eigenvalue weighted by atomic mass is 35.5. The summed E-state index contributed by atoms with van der Waals surface area (Å²) in [5, 5.41) is 0.849. The lowest BCUT2D eigenvalue weighted by atomic mass is 9.97. The van der Waals surface area contributed by atoms with E-state index in [0.717, 1.165) is 24.5 Å². The molecule has 1 fully saturated rings. The van der Waals surface area contributed by atoms with Gasteiger partial charge in [0.25, 0.3) is 0 Å². The van der Waals surface area contributed by atoms with Crippen molar-refractivity contribution < 1.29 is 4.84 Å². The van der Waals surface area contributed by atoms with Crippen LogP contribution >= 0.6 is 11.6 Å². The Bertz CT molecular complexity index is 397. The van der Waals surface area contributed by atoms with Crippen LogP contribution in [0.3, 0.4) is 0 Å². The molecule has 0 saturated carbocycles. The van der Waals surface area contributed by atoms with Crippen molar-refractivity contribution in [3.63, 3.8) is 0 Å². The van der Waals surface area contributed by atoms with Gasteiger partial charge in [-0.1, -0.05) is 17.7 Å². The van der Waals surface area contributed by atoms with Crippen LogP contribution in [0.4, 0.5) is 5.69 Å². The van der Waals surface area contributed by atoms with Crippen LogP contribution in [0.2, 0.25) is 5.02 Å². The molecule has 1 aliphatic heterocycles. The molecule has 0 bridgehead atoms. The lowest BCUT2D eigenvalue weighted by Gasteiger charge is -2.35. The molecule has 1 unspecified atom stereocenters. The number of nitrogens with two attached hydrogens (primary N) is 1. The Morgan fingerprint density at radius 1 is 1.44 bits per heavy atom. The van der Waals surface area contributed by atoms with E-state index in [1.165, 1.54) is 23.2 Å². The molecule has 1 aromatic carbocycles.